The van der Waals surface area contributed by atoms with Crippen molar-refractivity contribution in [3.8, 4) is 0 Å². The number of hydrogen-bond donors (Lipinski definition) is 1. The van der Waals surface area contributed by atoms with E-state index in [4.69, 9.17) is 0 Å². The molecule has 108 valence electrons. The van der Waals surface area contributed by atoms with Gasteiger partial charge in [-0.05, 0) is 37.3 Å². The van der Waals surface area contributed by atoms with E-state index in [0.29, 0.717) is 12.1 Å². The van der Waals surface area contributed by atoms with Crippen molar-refractivity contribution in [2.75, 3.05) is 0 Å². The lowest BCUT2D eigenvalue weighted by molar-refractivity contribution is 0.519. The number of benzene rings is 1. The summed E-state index contributed by atoms with van der Waals surface area (Å²) < 4.78 is 28.7. The fraction of sp³-hybridized carbons (Fsp3) is 0.188. The molecule has 1 unspecified atom stereocenters. The van der Waals surface area contributed by atoms with Gasteiger partial charge >= 0.3 is 0 Å². The number of nitrogens with one attached hydrogen (secondary N) is 1. The molecule has 0 fully saturated rings. The van der Waals surface area contributed by atoms with Crippen LogP contribution in [0.5, 0.6) is 0 Å². The molecule has 0 aliphatic carbocycles. The Morgan fingerprint density at radius 1 is 1.24 bits per heavy atom. The molecule has 0 radical (unpaired) electrons. The summed E-state index contributed by atoms with van der Waals surface area (Å²) in [5.41, 5.74) is 2.34. The third kappa shape index (κ3) is 2.78. The van der Waals surface area contributed by atoms with Gasteiger partial charge in [-0.15, -0.1) is 0 Å². The van der Waals surface area contributed by atoms with Crippen LogP contribution in [0.1, 0.15) is 24.1 Å². The van der Waals surface area contributed by atoms with Crippen molar-refractivity contribution in [1.29, 1.82) is 0 Å². The van der Waals surface area contributed by atoms with Crippen molar-refractivity contribution in [1.82, 2.24) is 14.9 Å². The van der Waals surface area contributed by atoms with E-state index in [2.05, 4.69) is 10.4 Å². The van der Waals surface area contributed by atoms with Crippen molar-refractivity contribution in [2.45, 2.75) is 19.5 Å². The van der Waals surface area contributed by atoms with Crippen molar-refractivity contribution in [2.24, 2.45) is 0 Å². The second kappa shape index (κ2) is 5.61. The summed E-state index contributed by atoms with van der Waals surface area (Å²) in [7, 11) is 0. The second-order valence-corrected chi connectivity index (χ2v) is 4.97. The maximum Gasteiger partial charge on any atom is 0.128 e. The Morgan fingerprint density at radius 2 is 2.10 bits per heavy atom. The predicted octanol–water partition coefficient (Wildman–Crippen LogP) is 3.46. The van der Waals surface area contributed by atoms with Crippen LogP contribution in [0.25, 0.3) is 5.52 Å². The zero-order valence-electron chi connectivity index (χ0n) is 11.6. The number of aromatic nitrogens is 2. The molecule has 2 aromatic heterocycles. The summed E-state index contributed by atoms with van der Waals surface area (Å²) in [6, 6.07) is 9.02. The molecule has 2 heterocycles. The van der Waals surface area contributed by atoms with Gasteiger partial charge < -0.3 is 5.32 Å². The average molecular weight is 287 g/mol. The Balaban J connectivity index is 1.76. The number of rotatable bonds is 4. The minimum Gasteiger partial charge on any atom is -0.306 e. The molecule has 0 saturated heterocycles. The van der Waals surface area contributed by atoms with Crippen molar-refractivity contribution >= 4 is 5.52 Å². The summed E-state index contributed by atoms with van der Waals surface area (Å²) >= 11 is 0. The van der Waals surface area contributed by atoms with Crippen molar-refractivity contribution in [3.63, 3.8) is 0 Å². The Hall–Kier alpha value is -2.27. The van der Waals surface area contributed by atoms with E-state index in [1.165, 1.54) is 6.07 Å². The lowest BCUT2D eigenvalue weighted by Crippen LogP contribution is -2.19. The zero-order valence-corrected chi connectivity index (χ0v) is 11.6. The molecule has 3 aromatic rings. The topological polar surface area (TPSA) is 29.3 Å². The van der Waals surface area contributed by atoms with Gasteiger partial charge in [-0.2, -0.15) is 5.10 Å². The van der Waals surface area contributed by atoms with Crippen LogP contribution >= 0.6 is 0 Å². The Bertz CT molecular complexity index is 767. The predicted molar refractivity (Wildman–Crippen MR) is 76.8 cm³/mol. The van der Waals surface area contributed by atoms with Crippen LogP contribution in [-0.4, -0.2) is 9.61 Å². The Labute approximate surface area is 121 Å². The van der Waals surface area contributed by atoms with E-state index < -0.39 is 11.6 Å². The summed E-state index contributed by atoms with van der Waals surface area (Å²) in [6.07, 6.45) is 3.64. The molecule has 1 atom stereocenters. The number of pyridine rings is 1. The standard InChI is InChI=1S/C16H15F2N3/c1-11(14-8-13(17)5-6-15(14)18)19-9-12-10-20-21-7-3-2-4-16(12)21/h2-8,10-11,19H,9H2,1H3. The first-order valence-corrected chi connectivity index (χ1v) is 6.75. The second-order valence-electron chi connectivity index (χ2n) is 4.97. The fourth-order valence-corrected chi connectivity index (χ4v) is 2.34. The average Bonchev–Trinajstić information content (AvgIpc) is 2.90. The molecule has 0 aliphatic heterocycles. The summed E-state index contributed by atoms with van der Waals surface area (Å²) in [5, 5.41) is 7.45. The highest BCUT2D eigenvalue weighted by molar-refractivity contribution is 5.53. The first-order valence-electron chi connectivity index (χ1n) is 6.75. The van der Waals surface area contributed by atoms with E-state index in [9.17, 15) is 8.78 Å². The van der Waals surface area contributed by atoms with Gasteiger partial charge in [0.15, 0.2) is 0 Å². The molecule has 3 rings (SSSR count). The first-order chi connectivity index (χ1) is 10.1. The molecule has 0 amide bonds. The van der Waals surface area contributed by atoms with Gasteiger partial charge in [-0.3, -0.25) is 0 Å². The molecule has 1 aromatic carbocycles. The first kappa shape index (κ1) is 13.7. The van der Waals surface area contributed by atoms with Crippen molar-refractivity contribution in [3.05, 3.63) is 71.6 Å². The maximum absolute atomic E-state index is 13.7. The monoisotopic (exact) mass is 287 g/mol. The van der Waals surface area contributed by atoms with E-state index in [1.807, 2.05) is 31.3 Å². The summed E-state index contributed by atoms with van der Waals surface area (Å²) in [6.45, 7) is 2.34. The van der Waals surface area contributed by atoms with Crippen LogP contribution < -0.4 is 5.32 Å². The quantitative estimate of drug-likeness (QED) is 0.796. The highest BCUT2D eigenvalue weighted by atomic mass is 19.1. The fourth-order valence-electron chi connectivity index (χ4n) is 2.34. The van der Waals surface area contributed by atoms with Gasteiger partial charge in [-0.25, -0.2) is 13.3 Å². The zero-order chi connectivity index (χ0) is 14.8. The van der Waals surface area contributed by atoms with Crippen LogP contribution in [0.3, 0.4) is 0 Å². The molecule has 3 nitrogen and oxygen atoms in total. The van der Waals surface area contributed by atoms with Gasteiger partial charge in [-0.1, -0.05) is 6.07 Å². The lowest BCUT2D eigenvalue weighted by atomic mass is 10.1. The number of fused-ring (bicyclic) bond motifs is 1. The largest absolute Gasteiger partial charge is 0.306 e. The Kier molecular flexibility index (Phi) is 3.66. The highest BCUT2D eigenvalue weighted by Crippen LogP contribution is 2.19. The minimum atomic E-state index is -0.434. The molecule has 21 heavy (non-hydrogen) atoms. The highest BCUT2D eigenvalue weighted by Gasteiger charge is 2.12. The SMILES string of the molecule is CC(NCc1cnn2ccccc12)c1cc(F)ccc1F. The van der Waals surface area contributed by atoms with Crippen LogP contribution in [0, 0.1) is 11.6 Å². The summed E-state index contributed by atoms with van der Waals surface area (Å²) in [4.78, 5) is 0. The van der Waals surface area contributed by atoms with Crippen LogP contribution in [0.4, 0.5) is 8.78 Å². The smallest absolute Gasteiger partial charge is 0.128 e. The molecule has 0 saturated carbocycles. The van der Waals surface area contributed by atoms with E-state index in [0.717, 1.165) is 23.2 Å². The van der Waals surface area contributed by atoms with E-state index in [1.54, 1.807) is 10.7 Å². The molecular weight excluding hydrogens is 272 g/mol. The van der Waals surface area contributed by atoms with Gasteiger partial charge in [0, 0.05) is 29.9 Å². The van der Waals surface area contributed by atoms with E-state index >= 15 is 0 Å². The molecule has 0 bridgehead atoms. The van der Waals surface area contributed by atoms with Gasteiger partial charge in [0.25, 0.3) is 0 Å². The minimum absolute atomic E-state index is 0.292. The Morgan fingerprint density at radius 3 is 2.95 bits per heavy atom. The molecular formula is C16H15F2N3. The van der Waals surface area contributed by atoms with Crippen LogP contribution in [0.15, 0.2) is 48.8 Å². The van der Waals surface area contributed by atoms with Gasteiger partial charge in [0.1, 0.15) is 11.6 Å². The van der Waals surface area contributed by atoms with Crippen LogP contribution in [-0.2, 0) is 6.54 Å². The lowest BCUT2D eigenvalue weighted by Gasteiger charge is -2.14. The van der Waals surface area contributed by atoms with Gasteiger partial charge in [0.2, 0.25) is 0 Å². The van der Waals surface area contributed by atoms with Crippen molar-refractivity contribution < 1.29 is 8.78 Å². The third-order valence-electron chi connectivity index (χ3n) is 3.53. The number of halogens is 2. The van der Waals surface area contributed by atoms with Crippen LogP contribution in [0.2, 0.25) is 0 Å². The van der Waals surface area contributed by atoms with Gasteiger partial charge in [0.05, 0.1) is 11.7 Å². The molecule has 0 spiro atoms. The van der Waals surface area contributed by atoms with E-state index in [-0.39, 0.29) is 6.04 Å². The molecule has 0 aliphatic rings. The third-order valence-corrected chi connectivity index (χ3v) is 3.53. The number of hydrogen-bond acceptors (Lipinski definition) is 2. The summed E-state index contributed by atoms with van der Waals surface area (Å²) in [5.74, 6) is -0.840. The number of nitrogens with zero attached hydrogens (tertiary/aromatic N) is 2. The molecule has 1 N–H and O–H groups in total. The molecule has 5 heteroatoms. The normalized spacial score (nSPS) is 12.7. The maximum atomic E-state index is 13.7.